The molecule has 1 heterocycles. The van der Waals surface area contributed by atoms with Crippen LogP contribution in [0, 0.1) is 6.92 Å². The van der Waals surface area contributed by atoms with Gasteiger partial charge in [-0.05, 0) is 31.9 Å². The number of amides is 3. The lowest BCUT2D eigenvalue weighted by Gasteiger charge is -2.12. The highest BCUT2D eigenvalue weighted by molar-refractivity contribution is 5.97. The van der Waals surface area contributed by atoms with Gasteiger partial charge in [0.25, 0.3) is 5.91 Å². The average molecular weight is 381 g/mol. The third kappa shape index (κ3) is 5.16. The van der Waals surface area contributed by atoms with Crippen LogP contribution >= 0.6 is 0 Å². The molecular weight excluding hydrogens is 358 g/mol. The lowest BCUT2D eigenvalue weighted by molar-refractivity contribution is -0.123. The summed E-state index contributed by atoms with van der Waals surface area (Å²) in [4.78, 5) is 40.3. The summed E-state index contributed by atoms with van der Waals surface area (Å²) in [5.74, 6) is -1.33. The maximum Gasteiger partial charge on any atom is 0.340 e. The van der Waals surface area contributed by atoms with Crippen LogP contribution in [0.1, 0.15) is 41.7 Å². The smallest absolute Gasteiger partial charge is 0.340 e. The van der Waals surface area contributed by atoms with Crippen molar-refractivity contribution in [3.8, 4) is 11.3 Å². The van der Waals surface area contributed by atoms with Gasteiger partial charge in [0.2, 0.25) is 0 Å². The lowest BCUT2D eigenvalue weighted by Crippen LogP contribution is -2.45. The van der Waals surface area contributed by atoms with Gasteiger partial charge in [-0.1, -0.05) is 43.2 Å². The van der Waals surface area contributed by atoms with E-state index in [0.29, 0.717) is 5.69 Å². The summed E-state index contributed by atoms with van der Waals surface area (Å²) in [6.45, 7) is 1.18. The zero-order valence-electron chi connectivity index (χ0n) is 15.7. The van der Waals surface area contributed by atoms with E-state index in [9.17, 15) is 14.4 Å². The minimum Gasteiger partial charge on any atom is -0.452 e. The molecule has 7 heteroatoms. The van der Waals surface area contributed by atoms with Gasteiger partial charge in [-0.15, -0.1) is 0 Å². The Bertz CT molecular complexity index is 861. The summed E-state index contributed by atoms with van der Waals surface area (Å²) < 4.78 is 5.02. The van der Waals surface area contributed by atoms with Crippen molar-refractivity contribution in [1.82, 2.24) is 15.6 Å². The largest absolute Gasteiger partial charge is 0.452 e. The van der Waals surface area contributed by atoms with Crippen molar-refractivity contribution in [2.75, 3.05) is 6.61 Å². The minimum absolute atomic E-state index is 0.104. The van der Waals surface area contributed by atoms with Gasteiger partial charge in [-0.2, -0.15) is 0 Å². The quantitative estimate of drug-likeness (QED) is 0.776. The zero-order valence-corrected chi connectivity index (χ0v) is 15.7. The second-order valence-corrected chi connectivity index (χ2v) is 6.77. The van der Waals surface area contributed by atoms with Crippen molar-refractivity contribution in [2.45, 2.75) is 38.6 Å². The number of urea groups is 1. The Labute approximate surface area is 163 Å². The molecule has 7 nitrogen and oxygen atoms in total. The molecule has 1 aliphatic rings. The second kappa shape index (κ2) is 9.12. The topological polar surface area (TPSA) is 97.4 Å². The number of esters is 1. The van der Waals surface area contributed by atoms with Crippen molar-refractivity contribution >= 4 is 17.9 Å². The summed E-state index contributed by atoms with van der Waals surface area (Å²) >= 11 is 0. The Balaban J connectivity index is 1.51. The van der Waals surface area contributed by atoms with Crippen LogP contribution in [-0.2, 0) is 9.53 Å². The molecule has 2 N–H and O–H groups in total. The molecule has 0 unspecified atom stereocenters. The third-order valence-electron chi connectivity index (χ3n) is 4.65. The van der Waals surface area contributed by atoms with Crippen molar-refractivity contribution in [1.29, 1.82) is 0 Å². The number of aryl methyl sites for hydroxylation is 1. The third-order valence-corrected chi connectivity index (χ3v) is 4.65. The number of nitrogens with zero attached hydrogens (tertiary/aromatic N) is 1. The van der Waals surface area contributed by atoms with Crippen molar-refractivity contribution in [3.05, 3.63) is 53.7 Å². The van der Waals surface area contributed by atoms with Gasteiger partial charge in [-0.3, -0.25) is 15.1 Å². The monoisotopic (exact) mass is 381 g/mol. The highest BCUT2D eigenvalue weighted by atomic mass is 16.5. The van der Waals surface area contributed by atoms with Crippen LogP contribution in [0.2, 0.25) is 0 Å². The van der Waals surface area contributed by atoms with Crippen LogP contribution in [0.15, 0.2) is 42.5 Å². The van der Waals surface area contributed by atoms with Gasteiger partial charge in [0.15, 0.2) is 6.61 Å². The zero-order chi connectivity index (χ0) is 19.9. The molecule has 3 rings (SSSR count). The number of imide groups is 1. The van der Waals surface area contributed by atoms with E-state index in [2.05, 4.69) is 15.6 Å². The van der Waals surface area contributed by atoms with E-state index >= 15 is 0 Å². The number of carbonyl (C=O) groups excluding carboxylic acids is 3. The van der Waals surface area contributed by atoms with Gasteiger partial charge >= 0.3 is 12.0 Å². The number of carbonyl (C=O) groups is 3. The van der Waals surface area contributed by atoms with E-state index in [1.807, 2.05) is 30.3 Å². The molecule has 28 heavy (non-hydrogen) atoms. The maximum atomic E-state index is 12.2. The molecule has 0 bridgehead atoms. The standard InChI is InChI=1S/C21H23N3O4/c1-14-17(11-12-18(22-14)15-7-3-2-4-8-15)20(26)28-13-19(25)24-21(27)23-16-9-5-6-10-16/h2-4,7-8,11-12,16H,5-6,9-10,13H2,1H3,(H2,23,24,25,27). The molecule has 0 aliphatic heterocycles. The molecule has 1 fully saturated rings. The summed E-state index contributed by atoms with van der Waals surface area (Å²) in [5.41, 5.74) is 2.47. The number of rotatable bonds is 5. The summed E-state index contributed by atoms with van der Waals surface area (Å²) in [5, 5.41) is 4.92. The fraction of sp³-hybridized carbons (Fsp3) is 0.333. The molecule has 1 aromatic heterocycles. The van der Waals surface area contributed by atoms with Gasteiger partial charge in [-0.25, -0.2) is 9.59 Å². The first kappa shape index (κ1) is 19.5. The SMILES string of the molecule is Cc1nc(-c2ccccc2)ccc1C(=O)OCC(=O)NC(=O)NC1CCCC1. The van der Waals surface area contributed by atoms with E-state index in [1.165, 1.54) is 0 Å². The highest BCUT2D eigenvalue weighted by Gasteiger charge is 2.19. The number of hydrogen-bond donors (Lipinski definition) is 2. The number of hydrogen-bond acceptors (Lipinski definition) is 5. The molecule has 0 radical (unpaired) electrons. The van der Waals surface area contributed by atoms with Crippen molar-refractivity contribution in [3.63, 3.8) is 0 Å². The molecule has 3 amide bonds. The molecule has 0 atom stereocenters. The molecule has 1 aromatic carbocycles. The van der Waals surface area contributed by atoms with E-state index in [0.717, 1.165) is 36.9 Å². The molecule has 0 saturated heterocycles. The van der Waals surface area contributed by atoms with Crippen LogP contribution < -0.4 is 10.6 Å². The summed E-state index contributed by atoms with van der Waals surface area (Å²) in [7, 11) is 0. The summed E-state index contributed by atoms with van der Waals surface area (Å²) in [6, 6.07) is 12.5. The minimum atomic E-state index is -0.671. The van der Waals surface area contributed by atoms with Crippen LogP contribution in [0.4, 0.5) is 4.79 Å². The molecule has 1 aliphatic carbocycles. The Morgan fingerprint density at radius 1 is 1.07 bits per heavy atom. The Kier molecular flexibility index (Phi) is 6.37. The van der Waals surface area contributed by atoms with Crippen molar-refractivity contribution in [2.24, 2.45) is 0 Å². The molecule has 146 valence electrons. The highest BCUT2D eigenvalue weighted by Crippen LogP contribution is 2.19. The second-order valence-electron chi connectivity index (χ2n) is 6.77. The number of aromatic nitrogens is 1. The Morgan fingerprint density at radius 3 is 2.46 bits per heavy atom. The molecule has 0 spiro atoms. The number of pyridine rings is 1. The van der Waals surface area contributed by atoms with Crippen LogP contribution in [0.3, 0.4) is 0 Å². The van der Waals surface area contributed by atoms with Crippen LogP contribution in [0.5, 0.6) is 0 Å². The lowest BCUT2D eigenvalue weighted by atomic mass is 10.1. The van der Waals surface area contributed by atoms with Gasteiger partial charge in [0, 0.05) is 11.6 Å². The first-order valence-electron chi connectivity index (χ1n) is 9.33. The van der Waals surface area contributed by atoms with E-state index < -0.39 is 24.5 Å². The predicted octanol–water partition coefficient (Wildman–Crippen LogP) is 2.98. The van der Waals surface area contributed by atoms with Gasteiger partial charge < -0.3 is 10.1 Å². The van der Waals surface area contributed by atoms with E-state index in [-0.39, 0.29) is 11.6 Å². The first-order chi connectivity index (χ1) is 13.5. The maximum absolute atomic E-state index is 12.2. The molecular formula is C21H23N3O4. The summed E-state index contributed by atoms with van der Waals surface area (Å²) in [6.07, 6.45) is 3.99. The molecule has 1 saturated carbocycles. The fourth-order valence-corrected chi connectivity index (χ4v) is 3.21. The van der Waals surface area contributed by atoms with E-state index in [4.69, 9.17) is 4.74 Å². The molecule has 2 aromatic rings. The van der Waals surface area contributed by atoms with Gasteiger partial charge in [0.05, 0.1) is 17.0 Å². The Hall–Kier alpha value is -3.22. The fourth-order valence-electron chi connectivity index (χ4n) is 3.21. The normalized spacial score (nSPS) is 13.8. The number of nitrogens with one attached hydrogen (secondary N) is 2. The Morgan fingerprint density at radius 2 is 1.79 bits per heavy atom. The van der Waals surface area contributed by atoms with Gasteiger partial charge in [0.1, 0.15) is 0 Å². The number of benzene rings is 1. The predicted molar refractivity (Wildman–Crippen MR) is 104 cm³/mol. The number of ether oxygens (including phenoxy) is 1. The van der Waals surface area contributed by atoms with E-state index in [1.54, 1.807) is 19.1 Å². The average Bonchev–Trinajstić information content (AvgIpc) is 3.19. The first-order valence-corrected chi connectivity index (χ1v) is 9.33. The van der Waals surface area contributed by atoms with Crippen LogP contribution in [-0.4, -0.2) is 35.5 Å². The van der Waals surface area contributed by atoms with Crippen LogP contribution in [0.25, 0.3) is 11.3 Å². The van der Waals surface area contributed by atoms with Crippen molar-refractivity contribution < 1.29 is 19.1 Å².